The second-order valence-electron chi connectivity index (χ2n) is 4.54. The predicted octanol–water partition coefficient (Wildman–Crippen LogP) is 4.86. The van der Waals surface area contributed by atoms with Crippen molar-refractivity contribution in [3.8, 4) is 5.69 Å². The first-order chi connectivity index (χ1) is 8.56. The summed E-state index contributed by atoms with van der Waals surface area (Å²) in [5, 5.41) is 5.69. The zero-order chi connectivity index (χ0) is 13.3. The van der Waals surface area contributed by atoms with Gasteiger partial charge < -0.3 is 0 Å². The van der Waals surface area contributed by atoms with Crippen LogP contribution in [-0.2, 0) is 6.42 Å². The molecule has 4 heteroatoms. The molecule has 2 aromatic rings. The highest BCUT2D eigenvalue weighted by molar-refractivity contribution is 6.37. The molecule has 0 aliphatic carbocycles. The molecule has 2 nitrogen and oxygen atoms in total. The third kappa shape index (κ3) is 2.27. The van der Waals surface area contributed by atoms with Gasteiger partial charge in [-0.25, -0.2) is 4.68 Å². The molecule has 18 heavy (non-hydrogen) atoms. The van der Waals surface area contributed by atoms with Gasteiger partial charge in [-0.1, -0.05) is 50.0 Å². The Bertz CT molecular complexity index is 539. The Balaban J connectivity index is 2.65. The molecule has 0 N–H and O–H groups in total. The topological polar surface area (TPSA) is 17.8 Å². The molecule has 0 aliphatic rings. The largest absolute Gasteiger partial charge is 0.234 e. The van der Waals surface area contributed by atoms with Gasteiger partial charge in [-0.05, 0) is 30.0 Å². The summed E-state index contributed by atoms with van der Waals surface area (Å²) < 4.78 is 1.86. The molecule has 1 heterocycles. The van der Waals surface area contributed by atoms with Gasteiger partial charge in [0, 0.05) is 5.69 Å². The van der Waals surface area contributed by atoms with Crippen molar-refractivity contribution in [2.45, 2.75) is 33.1 Å². The van der Waals surface area contributed by atoms with Crippen molar-refractivity contribution < 1.29 is 0 Å². The molecule has 0 amide bonds. The van der Waals surface area contributed by atoms with E-state index in [9.17, 15) is 0 Å². The number of benzene rings is 1. The molecule has 0 saturated carbocycles. The van der Waals surface area contributed by atoms with Gasteiger partial charge in [-0.2, -0.15) is 5.10 Å². The lowest BCUT2D eigenvalue weighted by molar-refractivity contribution is 0.789. The van der Waals surface area contributed by atoms with E-state index in [1.807, 2.05) is 29.1 Å². The maximum atomic E-state index is 6.24. The number of halogens is 2. The van der Waals surface area contributed by atoms with E-state index >= 15 is 0 Å². The zero-order valence-electron chi connectivity index (χ0n) is 10.7. The molecule has 1 aromatic carbocycles. The van der Waals surface area contributed by atoms with E-state index in [0.717, 1.165) is 12.1 Å². The Hall–Kier alpha value is -0.990. The summed E-state index contributed by atoms with van der Waals surface area (Å²) in [6.07, 6.45) is 2.80. The van der Waals surface area contributed by atoms with Crippen LogP contribution in [0.15, 0.2) is 24.4 Å². The highest BCUT2D eigenvalue weighted by Gasteiger charge is 2.16. The molecule has 0 unspecified atom stereocenters. The monoisotopic (exact) mass is 282 g/mol. The number of rotatable bonds is 3. The first-order valence-electron chi connectivity index (χ1n) is 6.07. The second kappa shape index (κ2) is 5.33. The third-order valence-corrected chi connectivity index (χ3v) is 3.62. The summed E-state index contributed by atoms with van der Waals surface area (Å²) in [4.78, 5) is 0. The molecule has 0 radical (unpaired) electrons. The van der Waals surface area contributed by atoms with E-state index in [2.05, 4.69) is 25.9 Å². The van der Waals surface area contributed by atoms with E-state index in [0.29, 0.717) is 16.0 Å². The van der Waals surface area contributed by atoms with Crippen LogP contribution < -0.4 is 0 Å². The molecule has 96 valence electrons. The van der Waals surface area contributed by atoms with Crippen LogP contribution in [-0.4, -0.2) is 9.78 Å². The lowest BCUT2D eigenvalue weighted by Gasteiger charge is -2.12. The number of hydrogen-bond acceptors (Lipinski definition) is 1. The zero-order valence-corrected chi connectivity index (χ0v) is 12.3. The Morgan fingerprint density at radius 1 is 1.22 bits per heavy atom. The number of nitrogens with zero attached hydrogens (tertiary/aromatic N) is 2. The van der Waals surface area contributed by atoms with E-state index in [4.69, 9.17) is 23.2 Å². The van der Waals surface area contributed by atoms with Crippen molar-refractivity contribution in [2.24, 2.45) is 0 Å². The predicted molar refractivity (Wildman–Crippen MR) is 77.1 cm³/mol. The first kappa shape index (κ1) is 13.4. The molecule has 0 aliphatic heterocycles. The average Bonchev–Trinajstić information content (AvgIpc) is 2.72. The van der Waals surface area contributed by atoms with E-state index in [1.165, 1.54) is 11.3 Å². The summed E-state index contributed by atoms with van der Waals surface area (Å²) in [6, 6.07) is 5.50. The first-order valence-corrected chi connectivity index (χ1v) is 6.83. The van der Waals surface area contributed by atoms with Crippen molar-refractivity contribution in [2.75, 3.05) is 0 Å². The Morgan fingerprint density at radius 2 is 1.83 bits per heavy atom. The normalized spacial score (nSPS) is 11.2. The van der Waals surface area contributed by atoms with Gasteiger partial charge in [-0.15, -0.1) is 0 Å². The summed E-state index contributed by atoms with van der Waals surface area (Å²) >= 11 is 12.5. The number of aromatic nitrogens is 2. The fraction of sp³-hybridized carbons (Fsp3) is 0.357. The quantitative estimate of drug-likeness (QED) is 0.786. The van der Waals surface area contributed by atoms with Crippen molar-refractivity contribution in [1.82, 2.24) is 9.78 Å². The van der Waals surface area contributed by atoms with Gasteiger partial charge in [0.1, 0.15) is 5.69 Å². The fourth-order valence-electron chi connectivity index (χ4n) is 2.11. The number of hydrogen-bond donors (Lipinski definition) is 0. The van der Waals surface area contributed by atoms with Crippen LogP contribution in [0.2, 0.25) is 10.0 Å². The highest BCUT2D eigenvalue weighted by Crippen LogP contribution is 2.31. The van der Waals surface area contributed by atoms with Crippen LogP contribution in [0.1, 0.15) is 37.9 Å². The molecular weight excluding hydrogens is 267 g/mol. The molecule has 1 aromatic heterocycles. The Kier molecular flexibility index (Phi) is 3.98. The number of para-hydroxylation sites is 1. The van der Waals surface area contributed by atoms with Crippen LogP contribution in [0.25, 0.3) is 5.69 Å². The SMILES string of the molecule is CCc1c(C(C)C)cnn1-c1c(Cl)cccc1Cl. The fourth-order valence-corrected chi connectivity index (χ4v) is 2.66. The van der Waals surface area contributed by atoms with Crippen molar-refractivity contribution in [3.63, 3.8) is 0 Å². The second-order valence-corrected chi connectivity index (χ2v) is 5.35. The maximum Gasteiger partial charge on any atom is 0.102 e. The van der Waals surface area contributed by atoms with Crippen molar-refractivity contribution in [1.29, 1.82) is 0 Å². The van der Waals surface area contributed by atoms with E-state index in [-0.39, 0.29) is 0 Å². The van der Waals surface area contributed by atoms with Gasteiger partial charge >= 0.3 is 0 Å². The molecule has 0 spiro atoms. The lowest BCUT2D eigenvalue weighted by atomic mass is 10.0. The van der Waals surface area contributed by atoms with Crippen LogP contribution in [0.5, 0.6) is 0 Å². The van der Waals surface area contributed by atoms with Crippen molar-refractivity contribution >= 4 is 23.2 Å². The Morgan fingerprint density at radius 3 is 2.33 bits per heavy atom. The summed E-state index contributed by atoms with van der Waals surface area (Å²) in [6.45, 7) is 6.44. The van der Waals surface area contributed by atoms with Gasteiger partial charge in [-0.3, -0.25) is 0 Å². The van der Waals surface area contributed by atoms with Crippen molar-refractivity contribution in [3.05, 3.63) is 45.7 Å². The molecular formula is C14H16Cl2N2. The van der Waals surface area contributed by atoms with Crippen LogP contribution in [0.4, 0.5) is 0 Å². The smallest absolute Gasteiger partial charge is 0.102 e. The standard InChI is InChI=1S/C14H16Cl2N2/c1-4-13-10(9(2)3)8-17-18(13)14-11(15)6-5-7-12(14)16/h5-9H,4H2,1-3H3. The summed E-state index contributed by atoms with van der Waals surface area (Å²) in [5.74, 6) is 0.440. The minimum absolute atomic E-state index is 0.440. The Labute approximate surface area is 118 Å². The maximum absolute atomic E-state index is 6.24. The summed E-state index contributed by atoms with van der Waals surface area (Å²) in [7, 11) is 0. The van der Waals surface area contributed by atoms with Crippen LogP contribution in [0, 0.1) is 0 Å². The van der Waals surface area contributed by atoms with Gasteiger partial charge in [0.05, 0.1) is 16.2 Å². The van der Waals surface area contributed by atoms with Crippen LogP contribution >= 0.6 is 23.2 Å². The molecule has 2 rings (SSSR count). The highest BCUT2D eigenvalue weighted by atomic mass is 35.5. The van der Waals surface area contributed by atoms with Gasteiger partial charge in [0.2, 0.25) is 0 Å². The molecule has 0 bridgehead atoms. The summed E-state index contributed by atoms with van der Waals surface area (Å²) in [5.41, 5.74) is 3.18. The minimum Gasteiger partial charge on any atom is -0.234 e. The van der Waals surface area contributed by atoms with E-state index < -0.39 is 0 Å². The average molecular weight is 283 g/mol. The molecule has 0 atom stereocenters. The van der Waals surface area contributed by atoms with E-state index in [1.54, 1.807) is 0 Å². The van der Waals surface area contributed by atoms with Gasteiger partial charge in [0.25, 0.3) is 0 Å². The lowest BCUT2D eigenvalue weighted by Crippen LogP contribution is -2.04. The van der Waals surface area contributed by atoms with Gasteiger partial charge in [0.15, 0.2) is 0 Å². The molecule has 0 fully saturated rings. The van der Waals surface area contributed by atoms with Crippen LogP contribution in [0.3, 0.4) is 0 Å². The minimum atomic E-state index is 0.440. The third-order valence-electron chi connectivity index (χ3n) is 3.01. The molecule has 0 saturated heterocycles.